The molecule has 0 aliphatic carbocycles. The number of hydrogen-bond donors (Lipinski definition) is 0. The van der Waals surface area contributed by atoms with Crippen LogP contribution in [0.25, 0.3) is 10.8 Å². The lowest BCUT2D eigenvalue weighted by atomic mass is 9.94. The molecule has 3 aromatic carbocycles. The van der Waals surface area contributed by atoms with Gasteiger partial charge in [-0.15, -0.1) is 6.58 Å². The minimum Gasteiger partial charge on any atom is -0.495 e. The topological polar surface area (TPSA) is 53.3 Å². The van der Waals surface area contributed by atoms with E-state index in [1.807, 2.05) is 6.07 Å². The van der Waals surface area contributed by atoms with Crippen molar-refractivity contribution in [3.05, 3.63) is 87.9 Å². The van der Waals surface area contributed by atoms with Gasteiger partial charge in [0.25, 0.3) is 5.91 Å². The fourth-order valence-electron chi connectivity index (χ4n) is 3.98. The van der Waals surface area contributed by atoms with E-state index in [1.54, 1.807) is 48.5 Å². The molecule has 9 heteroatoms. The van der Waals surface area contributed by atoms with E-state index >= 15 is 0 Å². The van der Waals surface area contributed by atoms with Gasteiger partial charge in [0.1, 0.15) is 18.4 Å². The molecule has 0 aromatic heterocycles. The van der Waals surface area contributed by atoms with Crippen molar-refractivity contribution in [2.75, 3.05) is 20.2 Å². The lowest BCUT2D eigenvalue weighted by molar-refractivity contribution is -0.141. The Morgan fingerprint density at radius 2 is 1.91 bits per heavy atom. The molecule has 0 aliphatic rings. The molecule has 0 saturated heterocycles. The number of ether oxygens (including phenoxy) is 1. The summed E-state index contributed by atoms with van der Waals surface area (Å²) in [7, 11) is 1.27. The number of carbonyl (C=O) groups excluding carboxylic acids is 1. The predicted molar refractivity (Wildman–Crippen MR) is 131 cm³/mol. The van der Waals surface area contributed by atoms with E-state index in [0.717, 1.165) is 4.90 Å². The number of benzene rings is 3. The first-order chi connectivity index (χ1) is 16.6. The molecule has 1 unspecified atom stereocenters. The van der Waals surface area contributed by atoms with E-state index in [0.29, 0.717) is 21.4 Å². The van der Waals surface area contributed by atoms with Crippen LogP contribution in [-0.4, -0.2) is 37.2 Å². The van der Waals surface area contributed by atoms with E-state index in [1.165, 1.54) is 13.2 Å². The number of hydrogen-bond acceptors (Lipinski definition) is 3. The average molecular weight is 521 g/mol. The van der Waals surface area contributed by atoms with Gasteiger partial charge in [0, 0.05) is 12.5 Å². The van der Waals surface area contributed by atoms with Gasteiger partial charge in [-0.3, -0.25) is 4.79 Å². The second-order valence-electron chi connectivity index (χ2n) is 7.86. The Hall–Kier alpha value is -3.21. The number of rotatable bonds is 8. The summed E-state index contributed by atoms with van der Waals surface area (Å²) in [4.78, 5) is 14.5. The number of allylic oxidation sites excluding steroid dienone is 1. The van der Waals surface area contributed by atoms with Crippen molar-refractivity contribution in [1.29, 1.82) is 5.26 Å². The van der Waals surface area contributed by atoms with Crippen molar-refractivity contribution in [2.45, 2.75) is 18.5 Å². The molecule has 0 heterocycles. The van der Waals surface area contributed by atoms with Crippen LogP contribution >= 0.6 is 23.2 Å². The number of alkyl halides is 3. The smallest absolute Gasteiger partial charge is 0.406 e. The molecular formula is C26H21Cl2F3N2O2. The van der Waals surface area contributed by atoms with E-state index in [-0.39, 0.29) is 34.9 Å². The largest absolute Gasteiger partial charge is 0.495 e. The van der Waals surface area contributed by atoms with E-state index in [2.05, 4.69) is 6.58 Å². The monoisotopic (exact) mass is 520 g/mol. The van der Waals surface area contributed by atoms with Crippen LogP contribution in [0, 0.1) is 11.3 Å². The Kier molecular flexibility index (Phi) is 8.31. The van der Waals surface area contributed by atoms with Gasteiger partial charge in [-0.1, -0.05) is 59.6 Å². The van der Waals surface area contributed by atoms with E-state index < -0.39 is 24.5 Å². The van der Waals surface area contributed by atoms with Crippen molar-refractivity contribution in [3.63, 3.8) is 0 Å². The number of nitriles is 1. The number of methoxy groups -OCH3 is 1. The molecule has 0 spiro atoms. The highest BCUT2D eigenvalue weighted by Gasteiger charge is 2.36. The van der Waals surface area contributed by atoms with Crippen LogP contribution in [0.2, 0.25) is 10.0 Å². The summed E-state index contributed by atoms with van der Waals surface area (Å²) in [5, 5.41) is 11.1. The summed E-state index contributed by atoms with van der Waals surface area (Å²) in [5.74, 6) is -1.51. The summed E-state index contributed by atoms with van der Waals surface area (Å²) >= 11 is 12.1. The molecule has 0 saturated carbocycles. The molecule has 3 aromatic rings. The SMILES string of the molecule is C=CCC(CN(CC(F)(F)F)C(=O)c1c(OC)c(C#N)cc2ccccc12)c1ccc(Cl)c(Cl)c1. The quantitative estimate of drug-likeness (QED) is 0.291. The molecule has 4 nitrogen and oxygen atoms in total. The first kappa shape index (κ1) is 26.4. The number of carbonyl (C=O) groups is 1. The van der Waals surface area contributed by atoms with E-state index in [4.69, 9.17) is 27.9 Å². The molecule has 0 N–H and O–H groups in total. The molecule has 0 aliphatic heterocycles. The minimum absolute atomic E-state index is 0.0497. The molecule has 1 amide bonds. The van der Waals surface area contributed by atoms with Crippen molar-refractivity contribution in [3.8, 4) is 11.8 Å². The minimum atomic E-state index is -4.66. The summed E-state index contributed by atoms with van der Waals surface area (Å²) in [6, 6.07) is 14.9. The summed E-state index contributed by atoms with van der Waals surface area (Å²) in [6.07, 6.45) is -2.81. The summed E-state index contributed by atoms with van der Waals surface area (Å²) in [6.45, 7) is 1.93. The highest BCUT2D eigenvalue weighted by molar-refractivity contribution is 6.42. The first-order valence-corrected chi connectivity index (χ1v) is 11.3. The van der Waals surface area contributed by atoms with Crippen molar-refractivity contribution >= 4 is 39.9 Å². The normalized spacial score (nSPS) is 12.1. The maximum Gasteiger partial charge on any atom is 0.406 e. The van der Waals surface area contributed by atoms with Gasteiger partial charge < -0.3 is 9.64 Å². The van der Waals surface area contributed by atoms with Gasteiger partial charge >= 0.3 is 6.18 Å². The molecule has 0 bridgehead atoms. The Labute approximate surface area is 211 Å². The van der Waals surface area contributed by atoms with Crippen molar-refractivity contribution < 1.29 is 22.7 Å². The standard InChI is InChI=1S/C26H21Cl2F3N2O2/c1-3-6-18(16-9-10-21(27)22(28)12-16)14-33(15-26(29,30)31)25(34)23-20-8-5-4-7-17(20)11-19(13-32)24(23)35-2/h3-5,7-12,18H,1,6,14-15H2,2H3. The van der Waals surface area contributed by atoms with Crippen LogP contribution in [0.4, 0.5) is 13.2 Å². The lowest BCUT2D eigenvalue weighted by Gasteiger charge is -2.29. The maximum atomic E-state index is 13.7. The Bertz CT molecular complexity index is 1300. The molecule has 3 rings (SSSR count). The zero-order chi connectivity index (χ0) is 25.8. The zero-order valence-corrected chi connectivity index (χ0v) is 20.2. The highest BCUT2D eigenvalue weighted by atomic mass is 35.5. The third kappa shape index (κ3) is 6.08. The first-order valence-electron chi connectivity index (χ1n) is 10.5. The summed E-state index contributed by atoms with van der Waals surface area (Å²) < 4.78 is 46.3. The molecule has 1 atom stereocenters. The number of halogens is 5. The number of nitrogens with zero attached hydrogens (tertiary/aromatic N) is 2. The van der Waals surface area contributed by atoms with Gasteiger partial charge in [0.05, 0.1) is 28.3 Å². The summed E-state index contributed by atoms with van der Waals surface area (Å²) in [5.41, 5.74) is 0.563. The lowest BCUT2D eigenvalue weighted by Crippen LogP contribution is -2.41. The molecule has 35 heavy (non-hydrogen) atoms. The fraction of sp³-hybridized carbons (Fsp3) is 0.231. The van der Waals surface area contributed by atoms with Crippen LogP contribution in [0.1, 0.15) is 33.8 Å². The van der Waals surface area contributed by atoms with Crippen molar-refractivity contribution in [2.24, 2.45) is 0 Å². The van der Waals surface area contributed by atoms with Crippen LogP contribution in [-0.2, 0) is 0 Å². The number of amides is 1. The highest BCUT2D eigenvalue weighted by Crippen LogP contribution is 2.35. The second-order valence-corrected chi connectivity index (χ2v) is 8.68. The third-order valence-electron chi connectivity index (χ3n) is 5.50. The fourth-order valence-corrected chi connectivity index (χ4v) is 4.29. The zero-order valence-electron chi connectivity index (χ0n) is 18.7. The van der Waals surface area contributed by atoms with Crippen LogP contribution < -0.4 is 4.74 Å². The number of fused-ring (bicyclic) bond motifs is 1. The molecule has 0 fully saturated rings. The second kappa shape index (κ2) is 11.0. The van der Waals surface area contributed by atoms with Crippen LogP contribution in [0.3, 0.4) is 0 Å². The van der Waals surface area contributed by atoms with Gasteiger partial charge in [0.15, 0.2) is 0 Å². The van der Waals surface area contributed by atoms with Gasteiger partial charge in [0.2, 0.25) is 0 Å². The molecule has 0 radical (unpaired) electrons. The predicted octanol–water partition coefficient (Wildman–Crippen LogP) is 7.39. The Morgan fingerprint density at radius 3 is 2.51 bits per heavy atom. The molecule has 182 valence electrons. The molecular weight excluding hydrogens is 500 g/mol. The Balaban J connectivity index is 2.15. The maximum absolute atomic E-state index is 13.7. The average Bonchev–Trinajstić information content (AvgIpc) is 2.82. The Morgan fingerprint density at radius 1 is 1.20 bits per heavy atom. The third-order valence-corrected chi connectivity index (χ3v) is 6.24. The van der Waals surface area contributed by atoms with Crippen molar-refractivity contribution in [1.82, 2.24) is 4.90 Å². The van der Waals surface area contributed by atoms with Gasteiger partial charge in [-0.2, -0.15) is 18.4 Å². The van der Waals surface area contributed by atoms with Crippen LogP contribution in [0.5, 0.6) is 5.75 Å². The van der Waals surface area contributed by atoms with Gasteiger partial charge in [-0.05, 0) is 41.0 Å². The van der Waals surface area contributed by atoms with Crippen LogP contribution in [0.15, 0.2) is 61.2 Å². The van der Waals surface area contributed by atoms with E-state index in [9.17, 15) is 23.2 Å². The van der Waals surface area contributed by atoms with Gasteiger partial charge in [-0.25, -0.2) is 0 Å².